The number of esters is 1. The van der Waals surface area contributed by atoms with Crippen LogP contribution in [0.4, 0.5) is 0 Å². The van der Waals surface area contributed by atoms with E-state index in [4.69, 9.17) is 9.47 Å². The molecule has 82 valence electrons. The summed E-state index contributed by atoms with van der Waals surface area (Å²) in [5.74, 6) is -0.132. The highest BCUT2D eigenvalue weighted by molar-refractivity contribution is 5.71. The maximum Gasteiger partial charge on any atom is 0.320 e. The van der Waals surface area contributed by atoms with Crippen molar-refractivity contribution in [1.29, 1.82) is 0 Å². The zero-order valence-electron chi connectivity index (χ0n) is 8.99. The third kappa shape index (κ3) is 3.27. The second kappa shape index (κ2) is 5.98. The molecule has 1 unspecified atom stereocenters. The highest BCUT2D eigenvalue weighted by Gasteiger charge is 2.23. The molecule has 4 nitrogen and oxygen atoms in total. The SMILES string of the molecule is CCOC(=O)CN1CCOCC1CC. The van der Waals surface area contributed by atoms with Crippen molar-refractivity contribution in [3.63, 3.8) is 0 Å². The molecular formula is C10H19NO3. The molecule has 4 heteroatoms. The number of hydrogen-bond acceptors (Lipinski definition) is 4. The zero-order valence-corrected chi connectivity index (χ0v) is 8.99. The molecule has 1 fully saturated rings. The van der Waals surface area contributed by atoms with Gasteiger partial charge in [0.1, 0.15) is 0 Å². The van der Waals surface area contributed by atoms with E-state index in [2.05, 4.69) is 11.8 Å². The topological polar surface area (TPSA) is 38.8 Å². The third-order valence-electron chi connectivity index (χ3n) is 2.46. The minimum atomic E-state index is -0.132. The van der Waals surface area contributed by atoms with Crippen molar-refractivity contribution in [3.05, 3.63) is 0 Å². The molecule has 1 atom stereocenters. The molecule has 0 saturated carbocycles. The standard InChI is InChI=1S/C10H19NO3/c1-3-9-8-13-6-5-11(9)7-10(12)14-4-2/h9H,3-8H2,1-2H3. The van der Waals surface area contributed by atoms with E-state index in [1.165, 1.54) is 0 Å². The van der Waals surface area contributed by atoms with Gasteiger partial charge in [0, 0.05) is 12.6 Å². The average molecular weight is 201 g/mol. The number of nitrogens with zero attached hydrogens (tertiary/aromatic N) is 1. The second-order valence-corrected chi connectivity index (χ2v) is 3.41. The van der Waals surface area contributed by atoms with E-state index in [1.54, 1.807) is 0 Å². The first kappa shape index (κ1) is 11.5. The predicted molar refractivity (Wildman–Crippen MR) is 53.1 cm³/mol. The lowest BCUT2D eigenvalue weighted by Gasteiger charge is -2.33. The zero-order chi connectivity index (χ0) is 10.4. The molecule has 1 aliphatic heterocycles. The Hall–Kier alpha value is -0.610. The number of carbonyl (C=O) groups is 1. The van der Waals surface area contributed by atoms with Gasteiger partial charge in [-0.3, -0.25) is 9.69 Å². The maximum atomic E-state index is 11.3. The Balaban J connectivity index is 2.36. The lowest BCUT2D eigenvalue weighted by atomic mass is 10.2. The van der Waals surface area contributed by atoms with Gasteiger partial charge in [0.15, 0.2) is 0 Å². The van der Waals surface area contributed by atoms with Gasteiger partial charge in [0.25, 0.3) is 0 Å². The van der Waals surface area contributed by atoms with Crippen molar-refractivity contribution < 1.29 is 14.3 Å². The summed E-state index contributed by atoms with van der Waals surface area (Å²) in [5.41, 5.74) is 0. The lowest BCUT2D eigenvalue weighted by molar-refractivity contribution is -0.146. The smallest absolute Gasteiger partial charge is 0.320 e. The summed E-state index contributed by atoms with van der Waals surface area (Å²) in [5, 5.41) is 0. The third-order valence-corrected chi connectivity index (χ3v) is 2.46. The van der Waals surface area contributed by atoms with Gasteiger partial charge in [-0.1, -0.05) is 6.92 Å². The molecule has 0 N–H and O–H groups in total. The van der Waals surface area contributed by atoms with E-state index in [1.807, 2.05) is 6.92 Å². The van der Waals surface area contributed by atoms with Crippen molar-refractivity contribution in [3.8, 4) is 0 Å². The highest BCUT2D eigenvalue weighted by Crippen LogP contribution is 2.09. The minimum Gasteiger partial charge on any atom is -0.465 e. The van der Waals surface area contributed by atoms with Gasteiger partial charge in [-0.2, -0.15) is 0 Å². The van der Waals surface area contributed by atoms with E-state index in [0.717, 1.165) is 26.2 Å². The van der Waals surface area contributed by atoms with Crippen molar-refractivity contribution in [1.82, 2.24) is 4.90 Å². The number of rotatable bonds is 4. The van der Waals surface area contributed by atoms with Crippen LogP contribution in [0.25, 0.3) is 0 Å². The molecule has 0 radical (unpaired) electrons. The number of hydrogen-bond donors (Lipinski definition) is 0. The molecule has 0 aliphatic carbocycles. The largest absolute Gasteiger partial charge is 0.465 e. The van der Waals surface area contributed by atoms with Crippen LogP contribution in [0.3, 0.4) is 0 Å². The quantitative estimate of drug-likeness (QED) is 0.626. The molecule has 14 heavy (non-hydrogen) atoms. The van der Waals surface area contributed by atoms with Crippen LogP contribution in [0.15, 0.2) is 0 Å². The summed E-state index contributed by atoms with van der Waals surface area (Å²) in [6.07, 6.45) is 1.01. The second-order valence-electron chi connectivity index (χ2n) is 3.41. The molecule has 1 aliphatic rings. The molecule has 0 spiro atoms. The summed E-state index contributed by atoms with van der Waals surface area (Å²) >= 11 is 0. The molecule has 0 aromatic carbocycles. The Labute approximate surface area is 85.2 Å². The van der Waals surface area contributed by atoms with Crippen molar-refractivity contribution >= 4 is 5.97 Å². The molecule has 0 amide bonds. The summed E-state index contributed by atoms with van der Waals surface area (Å²) in [6.45, 7) is 7.07. The van der Waals surface area contributed by atoms with Gasteiger partial charge in [0.05, 0.1) is 26.4 Å². The summed E-state index contributed by atoms with van der Waals surface area (Å²) in [7, 11) is 0. The van der Waals surface area contributed by atoms with Crippen LogP contribution in [-0.4, -0.2) is 49.8 Å². The van der Waals surface area contributed by atoms with Crippen LogP contribution in [0.2, 0.25) is 0 Å². The van der Waals surface area contributed by atoms with E-state index in [9.17, 15) is 4.79 Å². The van der Waals surface area contributed by atoms with Crippen LogP contribution in [0, 0.1) is 0 Å². The van der Waals surface area contributed by atoms with Crippen molar-refractivity contribution in [2.45, 2.75) is 26.3 Å². The van der Waals surface area contributed by atoms with Crippen LogP contribution >= 0.6 is 0 Å². The van der Waals surface area contributed by atoms with Gasteiger partial charge < -0.3 is 9.47 Å². The Morgan fingerprint density at radius 1 is 1.57 bits per heavy atom. The van der Waals surface area contributed by atoms with Gasteiger partial charge in [-0.05, 0) is 13.3 Å². The molecule has 0 aromatic rings. The van der Waals surface area contributed by atoms with E-state index in [-0.39, 0.29) is 5.97 Å². The maximum absolute atomic E-state index is 11.3. The molecule has 1 saturated heterocycles. The van der Waals surface area contributed by atoms with Gasteiger partial charge in [0.2, 0.25) is 0 Å². The van der Waals surface area contributed by atoms with E-state index in [0.29, 0.717) is 19.2 Å². The first-order valence-electron chi connectivity index (χ1n) is 5.25. The lowest BCUT2D eigenvalue weighted by Crippen LogP contribution is -2.47. The fraction of sp³-hybridized carbons (Fsp3) is 0.900. The van der Waals surface area contributed by atoms with Crippen LogP contribution in [-0.2, 0) is 14.3 Å². The van der Waals surface area contributed by atoms with Crippen molar-refractivity contribution in [2.24, 2.45) is 0 Å². The number of carbonyl (C=O) groups excluding carboxylic acids is 1. The minimum absolute atomic E-state index is 0.132. The summed E-state index contributed by atoms with van der Waals surface area (Å²) in [6, 6.07) is 0.369. The monoisotopic (exact) mass is 201 g/mol. The molecule has 1 rings (SSSR count). The normalized spacial score (nSPS) is 23.4. The van der Waals surface area contributed by atoms with Gasteiger partial charge in [-0.15, -0.1) is 0 Å². The van der Waals surface area contributed by atoms with Crippen LogP contribution in [0.5, 0.6) is 0 Å². The van der Waals surface area contributed by atoms with E-state index < -0.39 is 0 Å². The van der Waals surface area contributed by atoms with Crippen LogP contribution in [0.1, 0.15) is 20.3 Å². The molecule has 1 heterocycles. The van der Waals surface area contributed by atoms with Crippen LogP contribution < -0.4 is 0 Å². The molecular weight excluding hydrogens is 182 g/mol. The van der Waals surface area contributed by atoms with E-state index >= 15 is 0 Å². The van der Waals surface area contributed by atoms with Gasteiger partial charge in [-0.25, -0.2) is 0 Å². The Kier molecular flexibility index (Phi) is 4.90. The average Bonchev–Trinajstić information content (AvgIpc) is 2.19. The Morgan fingerprint density at radius 3 is 3.00 bits per heavy atom. The highest BCUT2D eigenvalue weighted by atomic mass is 16.5. The fourth-order valence-electron chi connectivity index (χ4n) is 1.65. The number of morpholine rings is 1. The number of ether oxygens (including phenoxy) is 2. The molecule has 0 bridgehead atoms. The summed E-state index contributed by atoms with van der Waals surface area (Å²) in [4.78, 5) is 13.4. The van der Waals surface area contributed by atoms with Crippen molar-refractivity contribution in [2.75, 3.05) is 32.9 Å². The summed E-state index contributed by atoms with van der Waals surface area (Å²) < 4.78 is 10.3. The Bertz CT molecular complexity index is 184. The fourth-order valence-corrected chi connectivity index (χ4v) is 1.65. The molecule has 0 aromatic heterocycles. The predicted octanol–water partition coefficient (Wildman–Crippen LogP) is 0.660. The first-order chi connectivity index (χ1) is 6.77. The Morgan fingerprint density at radius 2 is 2.36 bits per heavy atom. The van der Waals surface area contributed by atoms with Gasteiger partial charge >= 0.3 is 5.97 Å². The first-order valence-corrected chi connectivity index (χ1v) is 5.25.